The molecule has 0 spiro atoms. The maximum Gasteiger partial charge on any atom is 0.251 e. The number of benzene rings is 2. The number of aromatic amines is 1. The molecule has 0 aliphatic carbocycles. The molecule has 1 N–H and O–H groups in total. The maximum absolute atomic E-state index is 12.9. The molecule has 1 amide bonds. The number of piperazine rings is 1. The summed E-state index contributed by atoms with van der Waals surface area (Å²) < 4.78 is 10.6. The number of thioether (sulfide) groups is 1. The minimum Gasteiger partial charge on any atom is -0.497 e. The highest BCUT2D eigenvalue weighted by Gasteiger charge is 2.22. The van der Waals surface area contributed by atoms with E-state index in [0.29, 0.717) is 29.7 Å². The fourth-order valence-corrected chi connectivity index (χ4v) is 4.68. The quantitative estimate of drug-likeness (QED) is 0.392. The number of hydrogen-bond donors (Lipinski definition) is 1. The van der Waals surface area contributed by atoms with Crippen molar-refractivity contribution in [1.82, 2.24) is 14.9 Å². The molecule has 3 aromatic rings. The van der Waals surface area contributed by atoms with E-state index in [2.05, 4.69) is 14.9 Å². The number of H-pyrrole nitrogens is 1. The number of ether oxygens (including phenoxy) is 2. The average molecular weight is 481 g/mol. The number of aromatic nitrogens is 2. The third kappa shape index (κ3) is 6.11. The van der Waals surface area contributed by atoms with Gasteiger partial charge in [-0.25, -0.2) is 4.98 Å². The molecule has 0 bridgehead atoms. The van der Waals surface area contributed by atoms with Crippen LogP contribution >= 0.6 is 11.8 Å². The van der Waals surface area contributed by atoms with Crippen molar-refractivity contribution < 1.29 is 14.3 Å². The van der Waals surface area contributed by atoms with E-state index in [1.54, 1.807) is 14.2 Å². The SMILES string of the molecule is COc1cccc(CSc2nc(CC(=O)N3CCN(c4cccc(OC)c4)CC3)cc(=O)[nH]2)c1. The second-order valence-electron chi connectivity index (χ2n) is 7.93. The number of carbonyl (C=O) groups excluding carboxylic acids is 1. The van der Waals surface area contributed by atoms with Crippen LogP contribution in [0.3, 0.4) is 0 Å². The van der Waals surface area contributed by atoms with E-state index in [4.69, 9.17) is 9.47 Å². The lowest BCUT2D eigenvalue weighted by Gasteiger charge is -2.36. The van der Waals surface area contributed by atoms with E-state index < -0.39 is 0 Å². The van der Waals surface area contributed by atoms with Crippen LogP contribution in [0.4, 0.5) is 5.69 Å². The summed E-state index contributed by atoms with van der Waals surface area (Å²) in [5.41, 5.74) is 2.37. The van der Waals surface area contributed by atoms with Gasteiger partial charge in [-0.3, -0.25) is 9.59 Å². The third-order valence-corrected chi connectivity index (χ3v) is 6.61. The summed E-state index contributed by atoms with van der Waals surface area (Å²) in [6, 6.07) is 17.1. The van der Waals surface area contributed by atoms with Crippen molar-refractivity contribution in [2.75, 3.05) is 45.3 Å². The van der Waals surface area contributed by atoms with Gasteiger partial charge >= 0.3 is 0 Å². The van der Waals surface area contributed by atoms with Gasteiger partial charge in [-0.15, -0.1) is 0 Å². The number of nitrogens with zero attached hydrogens (tertiary/aromatic N) is 3. The van der Waals surface area contributed by atoms with Crippen LogP contribution in [0.2, 0.25) is 0 Å². The summed E-state index contributed by atoms with van der Waals surface area (Å²) in [4.78, 5) is 36.4. The van der Waals surface area contributed by atoms with E-state index >= 15 is 0 Å². The van der Waals surface area contributed by atoms with E-state index in [0.717, 1.165) is 35.8 Å². The number of anilines is 1. The highest BCUT2D eigenvalue weighted by Crippen LogP contribution is 2.23. The van der Waals surface area contributed by atoms with Gasteiger partial charge in [0, 0.05) is 49.8 Å². The molecule has 8 nitrogen and oxygen atoms in total. The second kappa shape index (κ2) is 11.1. The van der Waals surface area contributed by atoms with Gasteiger partial charge in [-0.05, 0) is 29.8 Å². The van der Waals surface area contributed by atoms with Crippen molar-refractivity contribution in [2.45, 2.75) is 17.3 Å². The third-order valence-electron chi connectivity index (χ3n) is 5.67. The lowest BCUT2D eigenvalue weighted by atomic mass is 10.2. The number of amides is 1. The lowest BCUT2D eigenvalue weighted by molar-refractivity contribution is -0.130. The molecular formula is C25H28N4O4S. The molecule has 2 heterocycles. The first-order valence-corrected chi connectivity index (χ1v) is 12.1. The molecule has 178 valence electrons. The molecule has 0 saturated carbocycles. The molecule has 1 saturated heterocycles. The molecule has 2 aromatic carbocycles. The summed E-state index contributed by atoms with van der Waals surface area (Å²) in [5.74, 6) is 2.21. The van der Waals surface area contributed by atoms with Gasteiger partial charge in [0.25, 0.3) is 5.56 Å². The smallest absolute Gasteiger partial charge is 0.251 e. The number of rotatable bonds is 8. The van der Waals surface area contributed by atoms with Gasteiger partial charge in [0.2, 0.25) is 5.91 Å². The number of methoxy groups -OCH3 is 2. The van der Waals surface area contributed by atoms with E-state index in [1.807, 2.05) is 53.4 Å². The summed E-state index contributed by atoms with van der Waals surface area (Å²) >= 11 is 1.42. The number of hydrogen-bond acceptors (Lipinski definition) is 7. The van der Waals surface area contributed by atoms with Crippen molar-refractivity contribution in [1.29, 1.82) is 0 Å². The van der Waals surface area contributed by atoms with E-state index in [-0.39, 0.29) is 17.9 Å². The van der Waals surface area contributed by atoms with Gasteiger partial charge < -0.3 is 24.3 Å². The zero-order valence-electron chi connectivity index (χ0n) is 19.3. The zero-order chi connectivity index (χ0) is 23.9. The Labute approximate surface area is 202 Å². The van der Waals surface area contributed by atoms with Crippen LogP contribution in [0.5, 0.6) is 11.5 Å². The monoisotopic (exact) mass is 480 g/mol. The van der Waals surface area contributed by atoms with E-state index in [1.165, 1.54) is 17.8 Å². The minimum absolute atomic E-state index is 0.0212. The maximum atomic E-state index is 12.9. The number of nitrogens with one attached hydrogen (secondary N) is 1. The van der Waals surface area contributed by atoms with Gasteiger partial charge in [0.05, 0.1) is 26.3 Å². The standard InChI is InChI=1S/C25H28N4O4S/c1-32-21-7-3-5-18(13-21)17-34-25-26-19(14-23(30)27-25)15-24(31)29-11-9-28(10-12-29)20-6-4-8-22(16-20)33-2/h3-8,13-14,16H,9-12,15,17H2,1-2H3,(H,26,27,30). The summed E-state index contributed by atoms with van der Waals surface area (Å²) in [6.45, 7) is 2.72. The van der Waals surface area contributed by atoms with Crippen molar-refractivity contribution in [3.05, 3.63) is 76.2 Å². The predicted molar refractivity (Wildman–Crippen MR) is 133 cm³/mol. The second-order valence-corrected chi connectivity index (χ2v) is 8.89. The first-order chi connectivity index (χ1) is 16.5. The zero-order valence-corrected chi connectivity index (χ0v) is 20.1. The van der Waals surface area contributed by atoms with Crippen molar-refractivity contribution in [2.24, 2.45) is 0 Å². The predicted octanol–water partition coefficient (Wildman–Crippen LogP) is 2.97. The largest absolute Gasteiger partial charge is 0.497 e. The Kier molecular flexibility index (Phi) is 7.74. The summed E-state index contributed by atoms with van der Waals surface area (Å²) in [6.07, 6.45) is 0.107. The topological polar surface area (TPSA) is 87.8 Å². The van der Waals surface area contributed by atoms with Crippen molar-refractivity contribution >= 4 is 23.4 Å². The Hall–Kier alpha value is -3.46. The highest BCUT2D eigenvalue weighted by atomic mass is 32.2. The van der Waals surface area contributed by atoms with Crippen LogP contribution in [0, 0.1) is 0 Å². The first-order valence-electron chi connectivity index (χ1n) is 11.1. The Morgan fingerprint density at radius 1 is 1.00 bits per heavy atom. The van der Waals surface area contributed by atoms with Crippen LogP contribution < -0.4 is 19.9 Å². The molecule has 0 unspecified atom stereocenters. The van der Waals surface area contributed by atoms with Crippen LogP contribution in [-0.4, -0.2) is 61.2 Å². The fraction of sp³-hybridized carbons (Fsp3) is 0.320. The van der Waals surface area contributed by atoms with Crippen LogP contribution in [0.1, 0.15) is 11.3 Å². The van der Waals surface area contributed by atoms with E-state index in [9.17, 15) is 9.59 Å². The molecule has 1 fully saturated rings. The Balaban J connectivity index is 1.34. The molecule has 1 aromatic heterocycles. The molecular weight excluding hydrogens is 452 g/mol. The lowest BCUT2D eigenvalue weighted by Crippen LogP contribution is -2.49. The Bertz CT molecular complexity index is 1190. The number of carbonyl (C=O) groups is 1. The highest BCUT2D eigenvalue weighted by molar-refractivity contribution is 7.98. The molecule has 0 radical (unpaired) electrons. The Morgan fingerprint density at radius 2 is 1.71 bits per heavy atom. The first kappa shape index (κ1) is 23.7. The molecule has 0 atom stereocenters. The molecule has 9 heteroatoms. The fourth-order valence-electron chi connectivity index (χ4n) is 3.84. The van der Waals surface area contributed by atoms with Gasteiger partial charge in [-0.1, -0.05) is 30.0 Å². The molecule has 1 aliphatic rings. The summed E-state index contributed by atoms with van der Waals surface area (Å²) in [7, 11) is 3.28. The summed E-state index contributed by atoms with van der Waals surface area (Å²) in [5, 5.41) is 0.501. The van der Waals surface area contributed by atoms with Crippen LogP contribution in [-0.2, 0) is 17.0 Å². The van der Waals surface area contributed by atoms with Crippen molar-refractivity contribution in [3.63, 3.8) is 0 Å². The molecule has 4 rings (SSSR count). The van der Waals surface area contributed by atoms with Crippen molar-refractivity contribution in [3.8, 4) is 11.5 Å². The van der Waals surface area contributed by atoms with Crippen LogP contribution in [0.25, 0.3) is 0 Å². The van der Waals surface area contributed by atoms with Gasteiger partial charge in [-0.2, -0.15) is 0 Å². The normalized spacial score (nSPS) is 13.6. The molecule has 1 aliphatic heterocycles. The minimum atomic E-state index is -0.256. The van der Waals surface area contributed by atoms with Crippen LogP contribution in [0.15, 0.2) is 64.5 Å². The average Bonchev–Trinajstić information content (AvgIpc) is 2.87. The van der Waals surface area contributed by atoms with Gasteiger partial charge in [0.1, 0.15) is 11.5 Å². The Morgan fingerprint density at radius 3 is 2.44 bits per heavy atom. The van der Waals surface area contributed by atoms with Gasteiger partial charge in [0.15, 0.2) is 5.16 Å². The molecule has 34 heavy (non-hydrogen) atoms.